The summed E-state index contributed by atoms with van der Waals surface area (Å²) in [5.74, 6) is 7.74. The number of hydrogen-bond donors (Lipinski definition) is 3. The maximum Gasteiger partial charge on any atom is 0.145 e. The number of rotatable bonds is 6. The van der Waals surface area contributed by atoms with E-state index in [2.05, 4.69) is 27.6 Å². The molecule has 1 aliphatic carbocycles. The maximum absolute atomic E-state index is 5.39. The Bertz CT molecular complexity index is 364. The summed E-state index contributed by atoms with van der Waals surface area (Å²) in [7, 11) is 0. The minimum absolute atomic E-state index is 0.508. The first-order valence-electron chi connectivity index (χ1n) is 6.30. The van der Waals surface area contributed by atoms with E-state index in [1.165, 1.54) is 19.3 Å². The summed E-state index contributed by atoms with van der Waals surface area (Å²) in [6, 6.07) is 1.85. The molecule has 1 aliphatic rings. The van der Waals surface area contributed by atoms with Gasteiger partial charge < -0.3 is 10.7 Å². The summed E-state index contributed by atoms with van der Waals surface area (Å²) in [5, 5.41) is 3.40. The van der Waals surface area contributed by atoms with Crippen LogP contribution in [0.2, 0.25) is 0 Å². The number of hydrazine groups is 1. The fourth-order valence-electron chi connectivity index (χ4n) is 1.93. The van der Waals surface area contributed by atoms with Gasteiger partial charge >= 0.3 is 0 Å². The standard InChI is InChI=1S/C12H21N5/c1-3-9-15-10(7-11(16-9)17-13)14-8-12(4-2)5-6-12/h7H,3-6,8,13H2,1-2H3,(H2,14,15,16,17). The van der Waals surface area contributed by atoms with Crippen LogP contribution in [0.3, 0.4) is 0 Å². The predicted octanol–water partition coefficient (Wildman–Crippen LogP) is 1.93. The minimum Gasteiger partial charge on any atom is -0.369 e. The Labute approximate surface area is 102 Å². The molecule has 1 aromatic heterocycles. The first-order valence-corrected chi connectivity index (χ1v) is 6.30. The molecule has 94 valence electrons. The number of nitrogens with zero attached hydrogens (tertiary/aromatic N) is 2. The van der Waals surface area contributed by atoms with Crippen molar-refractivity contribution in [1.29, 1.82) is 0 Å². The Balaban J connectivity index is 2.04. The molecule has 4 N–H and O–H groups in total. The summed E-state index contributed by atoms with van der Waals surface area (Å²) >= 11 is 0. The minimum atomic E-state index is 0.508. The van der Waals surface area contributed by atoms with Crippen LogP contribution >= 0.6 is 0 Å². The average Bonchev–Trinajstić information content (AvgIpc) is 3.16. The summed E-state index contributed by atoms with van der Waals surface area (Å²) in [4.78, 5) is 8.71. The highest BCUT2D eigenvalue weighted by Crippen LogP contribution is 2.48. The molecule has 0 aromatic carbocycles. The molecule has 0 amide bonds. The lowest BCUT2D eigenvalue weighted by atomic mass is 10.0. The van der Waals surface area contributed by atoms with Crippen molar-refractivity contribution in [3.63, 3.8) is 0 Å². The highest BCUT2D eigenvalue weighted by atomic mass is 15.3. The summed E-state index contributed by atoms with van der Waals surface area (Å²) in [6.45, 7) is 5.28. The van der Waals surface area contributed by atoms with Gasteiger partial charge in [0.15, 0.2) is 0 Å². The van der Waals surface area contributed by atoms with E-state index in [4.69, 9.17) is 5.84 Å². The van der Waals surface area contributed by atoms with E-state index >= 15 is 0 Å². The van der Waals surface area contributed by atoms with Crippen molar-refractivity contribution in [1.82, 2.24) is 9.97 Å². The molecule has 0 bridgehead atoms. The molecule has 0 aliphatic heterocycles. The zero-order valence-electron chi connectivity index (χ0n) is 10.6. The summed E-state index contributed by atoms with van der Waals surface area (Å²) in [5.41, 5.74) is 3.09. The summed E-state index contributed by atoms with van der Waals surface area (Å²) < 4.78 is 0. The molecule has 5 heteroatoms. The Hall–Kier alpha value is -1.36. The largest absolute Gasteiger partial charge is 0.369 e. The first kappa shape index (κ1) is 12.1. The molecule has 0 unspecified atom stereocenters. The van der Waals surface area contributed by atoms with Crippen molar-refractivity contribution in [2.75, 3.05) is 17.3 Å². The van der Waals surface area contributed by atoms with Gasteiger partial charge in [-0.1, -0.05) is 13.8 Å². The monoisotopic (exact) mass is 235 g/mol. The van der Waals surface area contributed by atoms with Gasteiger partial charge in [-0.2, -0.15) is 0 Å². The van der Waals surface area contributed by atoms with Gasteiger partial charge in [0.1, 0.15) is 17.5 Å². The molecular formula is C12H21N5. The molecular weight excluding hydrogens is 214 g/mol. The smallest absolute Gasteiger partial charge is 0.145 e. The third kappa shape index (κ3) is 2.85. The Morgan fingerprint density at radius 2 is 2.00 bits per heavy atom. The predicted molar refractivity (Wildman–Crippen MR) is 69.7 cm³/mol. The second-order valence-corrected chi connectivity index (χ2v) is 4.76. The highest BCUT2D eigenvalue weighted by molar-refractivity contribution is 5.47. The Morgan fingerprint density at radius 3 is 2.53 bits per heavy atom. The SMILES string of the molecule is CCc1nc(NN)cc(NCC2(CC)CC2)n1. The van der Waals surface area contributed by atoms with Gasteiger partial charge in [-0.3, -0.25) is 0 Å². The van der Waals surface area contributed by atoms with E-state index in [1.807, 2.05) is 13.0 Å². The zero-order chi connectivity index (χ0) is 12.3. The van der Waals surface area contributed by atoms with E-state index in [1.54, 1.807) is 0 Å². The normalized spacial score (nSPS) is 16.6. The van der Waals surface area contributed by atoms with Crippen LogP contribution in [0.1, 0.15) is 38.9 Å². The average molecular weight is 235 g/mol. The lowest BCUT2D eigenvalue weighted by molar-refractivity contribution is 0.520. The van der Waals surface area contributed by atoms with Crippen molar-refractivity contribution < 1.29 is 0 Å². The van der Waals surface area contributed by atoms with Gasteiger partial charge in [0.2, 0.25) is 0 Å². The van der Waals surface area contributed by atoms with Crippen LogP contribution in [0.15, 0.2) is 6.07 Å². The number of nitrogen functional groups attached to an aromatic ring is 1. The van der Waals surface area contributed by atoms with Gasteiger partial charge in [-0.05, 0) is 24.7 Å². The zero-order valence-corrected chi connectivity index (χ0v) is 10.6. The third-order valence-corrected chi connectivity index (χ3v) is 3.59. The molecule has 0 saturated heterocycles. The number of nitrogens with one attached hydrogen (secondary N) is 2. The number of hydrogen-bond acceptors (Lipinski definition) is 5. The molecule has 0 radical (unpaired) electrons. The van der Waals surface area contributed by atoms with Crippen molar-refractivity contribution in [2.24, 2.45) is 11.3 Å². The second-order valence-electron chi connectivity index (χ2n) is 4.76. The van der Waals surface area contributed by atoms with Crippen molar-refractivity contribution >= 4 is 11.6 Å². The van der Waals surface area contributed by atoms with Crippen LogP contribution in [-0.4, -0.2) is 16.5 Å². The van der Waals surface area contributed by atoms with Gasteiger partial charge in [0.05, 0.1) is 0 Å². The van der Waals surface area contributed by atoms with Crippen molar-refractivity contribution in [3.8, 4) is 0 Å². The van der Waals surface area contributed by atoms with E-state index in [-0.39, 0.29) is 0 Å². The van der Waals surface area contributed by atoms with Gasteiger partial charge in [0, 0.05) is 19.0 Å². The molecule has 17 heavy (non-hydrogen) atoms. The quantitative estimate of drug-likeness (QED) is 0.519. The lowest BCUT2D eigenvalue weighted by Crippen LogP contribution is -2.17. The lowest BCUT2D eigenvalue weighted by Gasteiger charge is -2.14. The van der Waals surface area contributed by atoms with E-state index in [0.29, 0.717) is 11.2 Å². The maximum atomic E-state index is 5.39. The molecule has 0 atom stereocenters. The molecule has 5 nitrogen and oxygen atoms in total. The Kier molecular flexibility index (Phi) is 3.47. The topological polar surface area (TPSA) is 75.9 Å². The Morgan fingerprint density at radius 1 is 1.29 bits per heavy atom. The number of aryl methyl sites for hydroxylation is 1. The van der Waals surface area contributed by atoms with Crippen LogP contribution in [0.5, 0.6) is 0 Å². The van der Waals surface area contributed by atoms with Gasteiger partial charge in [0.25, 0.3) is 0 Å². The fourth-order valence-corrected chi connectivity index (χ4v) is 1.93. The molecule has 2 rings (SSSR count). The van der Waals surface area contributed by atoms with Crippen LogP contribution in [0.4, 0.5) is 11.6 Å². The third-order valence-electron chi connectivity index (χ3n) is 3.59. The molecule has 1 saturated carbocycles. The first-order chi connectivity index (χ1) is 8.21. The molecule has 1 aromatic rings. The molecule has 1 fully saturated rings. The number of anilines is 2. The van der Waals surface area contributed by atoms with Crippen LogP contribution in [0.25, 0.3) is 0 Å². The van der Waals surface area contributed by atoms with E-state index < -0.39 is 0 Å². The van der Waals surface area contributed by atoms with E-state index in [0.717, 1.165) is 24.6 Å². The molecule has 1 heterocycles. The fraction of sp³-hybridized carbons (Fsp3) is 0.667. The van der Waals surface area contributed by atoms with Crippen LogP contribution in [-0.2, 0) is 6.42 Å². The van der Waals surface area contributed by atoms with Gasteiger partial charge in [-0.15, -0.1) is 0 Å². The number of nitrogens with two attached hydrogens (primary N) is 1. The highest BCUT2D eigenvalue weighted by Gasteiger charge is 2.40. The van der Waals surface area contributed by atoms with Crippen LogP contribution < -0.4 is 16.6 Å². The summed E-state index contributed by atoms with van der Waals surface area (Å²) in [6.07, 6.45) is 4.69. The number of aromatic nitrogens is 2. The van der Waals surface area contributed by atoms with Crippen molar-refractivity contribution in [3.05, 3.63) is 11.9 Å². The molecule has 0 spiro atoms. The van der Waals surface area contributed by atoms with Crippen molar-refractivity contribution in [2.45, 2.75) is 39.5 Å². The van der Waals surface area contributed by atoms with Crippen LogP contribution in [0, 0.1) is 5.41 Å². The second kappa shape index (κ2) is 4.87. The van der Waals surface area contributed by atoms with Gasteiger partial charge in [-0.25, -0.2) is 15.8 Å². The van der Waals surface area contributed by atoms with E-state index in [9.17, 15) is 0 Å².